The topological polar surface area (TPSA) is 101 Å². The lowest BCUT2D eigenvalue weighted by molar-refractivity contribution is 0.498. The molecule has 3 aromatic carbocycles. The number of nitrogens with zero attached hydrogens (tertiary/aromatic N) is 2. The predicted octanol–water partition coefficient (Wildman–Crippen LogP) is 3.20. The molecule has 1 aromatic heterocycles. The first-order chi connectivity index (χ1) is 14.8. The molecule has 4 rings (SSSR count). The van der Waals surface area contributed by atoms with Gasteiger partial charge in [0.15, 0.2) is 0 Å². The molecule has 1 atom stereocenters. The van der Waals surface area contributed by atoms with Crippen LogP contribution in [0.15, 0.2) is 96.2 Å². The van der Waals surface area contributed by atoms with Gasteiger partial charge in [-0.3, -0.25) is 13.9 Å². The summed E-state index contributed by atoms with van der Waals surface area (Å²) in [6, 6.07) is 21.4. The Hall–Kier alpha value is -3.19. The SMILES string of the molecule is Cc1ccc(S(=O)(=O)Nc2ccc(-n3ccnc3P(=O)(O)c3ccccc3)cc2)cc1. The minimum absolute atomic E-state index is 0.0201. The van der Waals surface area contributed by atoms with E-state index in [1.54, 1.807) is 85.1 Å². The van der Waals surface area contributed by atoms with E-state index in [1.165, 1.54) is 10.8 Å². The minimum Gasteiger partial charge on any atom is -0.336 e. The van der Waals surface area contributed by atoms with Gasteiger partial charge in [-0.2, -0.15) is 0 Å². The van der Waals surface area contributed by atoms with Crippen LogP contribution in [0.3, 0.4) is 0 Å². The second-order valence-corrected chi connectivity index (χ2v) is 10.7. The zero-order valence-electron chi connectivity index (χ0n) is 16.6. The molecule has 7 nitrogen and oxygen atoms in total. The summed E-state index contributed by atoms with van der Waals surface area (Å²) >= 11 is 0. The maximum Gasteiger partial charge on any atom is 0.293 e. The normalized spacial score (nSPS) is 13.5. The second-order valence-electron chi connectivity index (χ2n) is 6.97. The van der Waals surface area contributed by atoms with Gasteiger partial charge >= 0.3 is 0 Å². The Morgan fingerprint density at radius 2 is 1.58 bits per heavy atom. The van der Waals surface area contributed by atoms with Gasteiger partial charge in [0.25, 0.3) is 17.4 Å². The van der Waals surface area contributed by atoms with Crippen molar-refractivity contribution in [2.45, 2.75) is 11.8 Å². The number of nitrogens with one attached hydrogen (secondary N) is 1. The Bertz CT molecular complexity index is 1350. The van der Waals surface area contributed by atoms with Gasteiger partial charge in [0.05, 0.1) is 4.90 Å². The molecule has 0 amide bonds. The molecule has 9 heteroatoms. The van der Waals surface area contributed by atoms with Crippen molar-refractivity contribution in [1.29, 1.82) is 0 Å². The van der Waals surface area contributed by atoms with Crippen LogP contribution in [-0.4, -0.2) is 22.9 Å². The fraction of sp³-hybridized carbons (Fsp3) is 0.0455. The zero-order chi connectivity index (χ0) is 22.1. The van der Waals surface area contributed by atoms with Crippen LogP contribution in [0, 0.1) is 6.92 Å². The third-order valence-corrected chi connectivity index (χ3v) is 8.00. The number of rotatable bonds is 6. The fourth-order valence-corrected chi connectivity index (χ4v) is 5.65. The molecule has 0 saturated carbocycles. The van der Waals surface area contributed by atoms with Gasteiger partial charge in [-0.05, 0) is 55.5 Å². The summed E-state index contributed by atoms with van der Waals surface area (Å²) in [5.41, 5.74) is 1.94. The number of anilines is 1. The quantitative estimate of drug-likeness (QED) is 0.437. The summed E-state index contributed by atoms with van der Waals surface area (Å²) < 4.78 is 42.3. The van der Waals surface area contributed by atoms with E-state index in [9.17, 15) is 17.9 Å². The van der Waals surface area contributed by atoms with Gasteiger partial charge in [-0.15, -0.1) is 0 Å². The molecule has 0 aliphatic carbocycles. The molecule has 0 radical (unpaired) electrons. The average Bonchev–Trinajstić information content (AvgIpc) is 3.26. The molecule has 0 spiro atoms. The molecule has 2 N–H and O–H groups in total. The van der Waals surface area contributed by atoms with E-state index in [0.29, 0.717) is 11.4 Å². The lowest BCUT2D eigenvalue weighted by Crippen LogP contribution is -2.24. The van der Waals surface area contributed by atoms with Gasteiger partial charge in [0.2, 0.25) is 5.57 Å². The highest BCUT2D eigenvalue weighted by molar-refractivity contribution is 7.92. The van der Waals surface area contributed by atoms with Crippen molar-refractivity contribution in [2.24, 2.45) is 0 Å². The number of benzene rings is 3. The van der Waals surface area contributed by atoms with Gasteiger partial charge in [-0.1, -0.05) is 35.9 Å². The monoisotopic (exact) mass is 453 g/mol. The Morgan fingerprint density at radius 3 is 2.23 bits per heavy atom. The molecule has 0 aliphatic heterocycles. The summed E-state index contributed by atoms with van der Waals surface area (Å²) in [5, 5.41) is 0.282. The molecule has 4 aromatic rings. The number of aryl methyl sites for hydroxylation is 1. The summed E-state index contributed by atoms with van der Waals surface area (Å²) in [4.78, 5) is 15.0. The molecule has 0 aliphatic rings. The van der Waals surface area contributed by atoms with Crippen LogP contribution in [0.25, 0.3) is 5.69 Å². The van der Waals surface area contributed by atoms with Gasteiger partial charge in [-0.25, -0.2) is 13.4 Å². The van der Waals surface area contributed by atoms with Crippen LogP contribution < -0.4 is 15.6 Å². The highest BCUT2D eigenvalue weighted by atomic mass is 32.2. The summed E-state index contributed by atoms with van der Waals surface area (Å²) in [7, 11) is -7.62. The largest absolute Gasteiger partial charge is 0.336 e. The third-order valence-electron chi connectivity index (χ3n) is 4.73. The van der Waals surface area contributed by atoms with Crippen LogP contribution >= 0.6 is 7.37 Å². The first-order valence-corrected chi connectivity index (χ1v) is 12.5. The number of hydrogen-bond donors (Lipinski definition) is 2. The molecule has 0 saturated heterocycles. The lowest BCUT2D eigenvalue weighted by atomic mass is 10.2. The summed E-state index contributed by atoms with van der Waals surface area (Å²) in [6.07, 6.45) is 3.04. The van der Waals surface area contributed by atoms with E-state index in [4.69, 9.17) is 0 Å². The molecule has 0 fully saturated rings. The van der Waals surface area contributed by atoms with Gasteiger partial charge in [0, 0.05) is 29.1 Å². The van der Waals surface area contributed by atoms with E-state index in [1.807, 2.05) is 6.92 Å². The zero-order valence-corrected chi connectivity index (χ0v) is 18.3. The maximum absolute atomic E-state index is 13.1. The molecular formula is C22H20N3O4PS. The van der Waals surface area contributed by atoms with E-state index >= 15 is 0 Å². The number of imidazole rings is 1. The Balaban J connectivity index is 1.61. The van der Waals surface area contributed by atoms with Crippen LogP contribution in [-0.2, 0) is 14.6 Å². The molecule has 1 unspecified atom stereocenters. The smallest absolute Gasteiger partial charge is 0.293 e. The van der Waals surface area contributed by atoms with Crippen molar-refractivity contribution >= 4 is 33.9 Å². The van der Waals surface area contributed by atoms with E-state index < -0.39 is 17.4 Å². The first kappa shape index (κ1) is 21.1. The Morgan fingerprint density at radius 1 is 0.935 bits per heavy atom. The standard InChI is InChI=1S/C22H20N3O4PS/c1-17-7-13-21(14-8-17)31(28,29)24-18-9-11-19(12-10-18)25-16-15-23-22(25)30(26,27)20-5-3-2-4-6-20/h2-16,24H,1H3,(H,26,27). The number of aromatic nitrogens is 2. The minimum atomic E-state index is -3.90. The summed E-state index contributed by atoms with van der Waals surface area (Å²) in [6.45, 7) is 1.88. The molecule has 1 heterocycles. The van der Waals surface area contributed by atoms with Crippen molar-refractivity contribution in [1.82, 2.24) is 9.55 Å². The highest BCUT2D eigenvalue weighted by Crippen LogP contribution is 2.37. The predicted molar refractivity (Wildman–Crippen MR) is 121 cm³/mol. The van der Waals surface area contributed by atoms with Gasteiger partial charge < -0.3 is 4.89 Å². The first-order valence-electron chi connectivity index (χ1n) is 9.40. The van der Waals surface area contributed by atoms with Crippen molar-refractivity contribution < 1.29 is 17.9 Å². The lowest BCUT2D eigenvalue weighted by Gasteiger charge is -2.14. The second kappa shape index (κ2) is 8.15. The average molecular weight is 453 g/mol. The van der Waals surface area contributed by atoms with Crippen molar-refractivity contribution in [3.05, 3.63) is 96.8 Å². The number of sulfonamides is 1. The van der Waals surface area contributed by atoms with E-state index in [2.05, 4.69) is 9.71 Å². The highest BCUT2D eigenvalue weighted by Gasteiger charge is 2.29. The summed E-state index contributed by atoms with van der Waals surface area (Å²) in [5.74, 6) is 0. The van der Waals surface area contributed by atoms with Crippen LogP contribution in [0.5, 0.6) is 0 Å². The fourth-order valence-electron chi connectivity index (χ4n) is 3.09. The maximum atomic E-state index is 13.1. The van der Waals surface area contributed by atoms with Crippen LogP contribution in [0.4, 0.5) is 5.69 Å². The molecule has 158 valence electrons. The van der Waals surface area contributed by atoms with Gasteiger partial charge in [0.1, 0.15) is 0 Å². The van der Waals surface area contributed by atoms with Crippen molar-refractivity contribution in [2.75, 3.05) is 4.72 Å². The third kappa shape index (κ3) is 4.32. The Labute approximate surface area is 180 Å². The van der Waals surface area contributed by atoms with Crippen LogP contribution in [0.1, 0.15) is 5.56 Å². The van der Waals surface area contributed by atoms with E-state index in [0.717, 1.165) is 5.56 Å². The Kier molecular flexibility index (Phi) is 5.54. The molecule has 31 heavy (non-hydrogen) atoms. The van der Waals surface area contributed by atoms with E-state index in [-0.39, 0.29) is 15.8 Å². The molecule has 0 bridgehead atoms. The van der Waals surface area contributed by atoms with Crippen molar-refractivity contribution in [3.8, 4) is 5.69 Å². The van der Waals surface area contributed by atoms with Crippen molar-refractivity contribution in [3.63, 3.8) is 0 Å². The van der Waals surface area contributed by atoms with Crippen LogP contribution in [0.2, 0.25) is 0 Å². The molecular weight excluding hydrogens is 433 g/mol. The number of hydrogen-bond acceptors (Lipinski definition) is 4.